The Bertz CT molecular complexity index is 590. The van der Waals surface area contributed by atoms with Gasteiger partial charge >= 0.3 is 0 Å². The van der Waals surface area contributed by atoms with Crippen molar-refractivity contribution in [2.75, 3.05) is 12.9 Å². The summed E-state index contributed by atoms with van der Waals surface area (Å²) in [5.41, 5.74) is 0.694. The van der Waals surface area contributed by atoms with Gasteiger partial charge in [0.15, 0.2) is 0 Å². The summed E-state index contributed by atoms with van der Waals surface area (Å²) in [5, 5.41) is 10.1. The van der Waals surface area contributed by atoms with Gasteiger partial charge in [-0.25, -0.2) is 8.78 Å². The van der Waals surface area contributed by atoms with Crippen molar-refractivity contribution in [3.63, 3.8) is 0 Å². The van der Waals surface area contributed by atoms with Gasteiger partial charge in [0.2, 0.25) is 0 Å². The molecule has 1 atom stereocenters. The van der Waals surface area contributed by atoms with Crippen LogP contribution in [0.4, 0.5) is 8.78 Å². The first kappa shape index (κ1) is 14.8. The molecule has 2 rings (SSSR count). The third-order valence-electron chi connectivity index (χ3n) is 2.77. The molecule has 1 unspecified atom stereocenters. The Labute approximate surface area is 120 Å². The maximum Gasteiger partial charge on any atom is 0.139 e. The molecule has 0 aliphatic heterocycles. The molecule has 0 aromatic heterocycles. The minimum atomic E-state index is -0.750. The normalized spacial score (nSPS) is 12.2. The summed E-state index contributed by atoms with van der Waals surface area (Å²) < 4.78 is 31.3. The molecule has 0 aliphatic carbocycles. The predicted molar refractivity (Wildman–Crippen MR) is 75.0 cm³/mol. The molecule has 2 aromatic carbocycles. The van der Waals surface area contributed by atoms with Gasteiger partial charge < -0.3 is 9.84 Å². The first-order valence-electron chi connectivity index (χ1n) is 6.00. The van der Waals surface area contributed by atoms with E-state index in [1.54, 1.807) is 31.4 Å². The molecule has 1 N–H and O–H groups in total. The number of thioether (sulfide) groups is 1. The van der Waals surface area contributed by atoms with Gasteiger partial charge in [0.1, 0.15) is 17.4 Å². The van der Waals surface area contributed by atoms with Crippen LogP contribution in [-0.4, -0.2) is 18.0 Å². The fourth-order valence-electron chi connectivity index (χ4n) is 1.71. The van der Waals surface area contributed by atoms with E-state index in [9.17, 15) is 13.9 Å². The smallest absolute Gasteiger partial charge is 0.139 e. The van der Waals surface area contributed by atoms with Crippen LogP contribution >= 0.6 is 11.8 Å². The van der Waals surface area contributed by atoms with Crippen molar-refractivity contribution >= 4 is 11.8 Å². The summed E-state index contributed by atoms with van der Waals surface area (Å²) in [6.45, 7) is 0. The minimum Gasteiger partial charge on any atom is -0.497 e. The summed E-state index contributed by atoms with van der Waals surface area (Å²) >= 11 is 1.14. The standard InChI is InChI=1S/C15H14F2O2S/c1-19-12-4-2-3-10(7-12)14(18)9-20-15-6-5-11(16)8-13(15)17/h2-8,14,18H,9H2,1H3. The van der Waals surface area contributed by atoms with Gasteiger partial charge in [0, 0.05) is 16.7 Å². The van der Waals surface area contributed by atoms with Crippen molar-refractivity contribution in [2.45, 2.75) is 11.0 Å². The molecule has 2 nitrogen and oxygen atoms in total. The van der Waals surface area contributed by atoms with Crippen molar-refractivity contribution in [1.82, 2.24) is 0 Å². The van der Waals surface area contributed by atoms with Crippen molar-refractivity contribution in [3.8, 4) is 5.75 Å². The Morgan fingerprint density at radius 2 is 2.00 bits per heavy atom. The van der Waals surface area contributed by atoms with Crippen LogP contribution in [0.25, 0.3) is 0 Å². The molecule has 0 amide bonds. The molecule has 0 aliphatic rings. The topological polar surface area (TPSA) is 29.5 Å². The van der Waals surface area contributed by atoms with E-state index in [1.807, 2.05) is 0 Å². The number of hydrogen-bond acceptors (Lipinski definition) is 3. The van der Waals surface area contributed by atoms with Gasteiger partial charge in [-0.2, -0.15) is 0 Å². The molecule has 20 heavy (non-hydrogen) atoms. The number of aliphatic hydroxyl groups excluding tert-OH is 1. The highest BCUT2D eigenvalue weighted by Crippen LogP contribution is 2.28. The van der Waals surface area contributed by atoms with Crippen LogP contribution in [0.1, 0.15) is 11.7 Å². The van der Waals surface area contributed by atoms with Gasteiger partial charge in [0.25, 0.3) is 0 Å². The second-order valence-electron chi connectivity index (χ2n) is 4.18. The molecule has 0 spiro atoms. The van der Waals surface area contributed by atoms with E-state index < -0.39 is 17.7 Å². The highest BCUT2D eigenvalue weighted by Gasteiger charge is 2.11. The Hall–Kier alpha value is -1.59. The van der Waals surface area contributed by atoms with Gasteiger partial charge in [-0.3, -0.25) is 0 Å². The van der Waals surface area contributed by atoms with E-state index in [1.165, 1.54) is 12.1 Å². The maximum absolute atomic E-state index is 13.5. The molecule has 0 saturated carbocycles. The van der Waals surface area contributed by atoms with Gasteiger partial charge in [-0.05, 0) is 29.8 Å². The number of aliphatic hydroxyl groups is 1. The number of halogens is 2. The molecule has 0 bridgehead atoms. The van der Waals surface area contributed by atoms with Gasteiger partial charge in [-0.1, -0.05) is 12.1 Å². The zero-order chi connectivity index (χ0) is 14.5. The van der Waals surface area contributed by atoms with E-state index in [2.05, 4.69) is 0 Å². The Morgan fingerprint density at radius 3 is 2.70 bits per heavy atom. The molecule has 0 saturated heterocycles. The number of ether oxygens (including phenoxy) is 1. The highest BCUT2D eigenvalue weighted by atomic mass is 32.2. The SMILES string of the molecule is COc1cccc(C(O)CSc2ccc(F)cc2F)c1. The zero-order valence-electron chi connectivity index (χ0n) is 10.8. The molecular formula is C15H14F2O2S. The highest BCUT2D eigenvalue weighted by molar-refractivity contribution is 7.99. The lowest BCUT2D eigenvalue weighted by atomic mass is 10.1. The first-order valence-corrected chi connectivity index (χ1v) is 6.98. The van der Waals surface area contributed by atoms with Crippen LogP contribution in [0.3, 0.4) is 0 Å². The minimum absolute atomic E-state index is 0.274. The van der Waals surface area contributed by atoms with Crippen molar-refractivity contribution in [2.24, 2.45) is 0 Å². The molecule has 106 valence electrons. The monoisotopic (exact) mass is 296 g/mol. The molecule has 0 fully saturated rings. The van der Waals surface area contributed by atoms with E-state index in [0.29, 0.717) is 16.2 Å². The van der Waals surface area contributed by atoms with Crippen molar-refractivity contribution < 1.29 is 18.6 Å². The van der Waals surface area contributed by atoms with E-state index >= 15 is 0 Å². The Morgan fingerprint density at radius 1 is 1.20 bits per heavy atom. The lowest BCUT2D eigenvalue weighted by molar-refractivity contribution is 0.203. The van der Waals surface area contributed by atoms with E-state index in [4.69, 9.17) is 4.74 Å². The Kier molecular flexibility index (Phi) is 4.98. The lowest BCUT2D eigenvalue weighted by Crippen LogP contribution is -2.01. The van der Waals surface area contributed by atoms with Gasteiger partial charge in [-0.15, -0.1) is 11.8 Å². The summed E-state index contributed by atoms with van der Waals surface area (Å²) in [5.74, 6) is -0.303. The average molecular weight is 296 g/mol. The average Bonchev–Trinajstić information content (AvgIpc) is 2.46. The fraction of sp³-hybridized carbons (Fsp3) is 0.200. The van der Waals surface area contributed by atoms with Crippen LogP contribution in [0.2, 0.25) is 0 Å². The van der Waals surface area contributed by atoms with Crippen molar-refractivity contribution in [3.05, 3.63) is 59.7 Å². The predicted octanol–water partition coefficient (Wildman–Crippen LogP) is 3.80. The fourth-order valence-corrected chi connectivity index (χ4v) is 2.60. The molecule has 2 aromatic rings. The first-order chi connectivity index (χ1) is 9.60. The molecule has 0 radical (unpaired) electrons. The van der Waals surface area contributed by atoms with Gasteiger partial charge in [0.05, 0.1) is 13.2 Å². The number of hydrogen-bond donors (Lipinski definition) is 1. The quantitative estimate of drug-likeness (QED) is 0.851. The third kappa shape index (κ3) is 3.71. The summed E-state index contributed by atoms with van der Waals surface area (Å²) in [6, 6.07) is 10.5. The molecule has 0 heterocycles. The van der Waals surface area contributed by atoms with E-state index in [0.717, 1.165) is 17.8 Å². The zero-order valence-corrected chi connectivity index (χ0v) is 11.7. The molecule has 5 heteroatoms. The van der Waals surface area contributed by atoms with E-state index in [-0.39, 0.29) is 5.75 Å². The lowest BCUT2D eigenvalue weighted by Gasteiger charge is -2.12. The summed E-state index contributed by atoms with van der Waals surface area (Å²) in [4.78, 5) is 0.313. The second-order valence-corrected chi connectivity index (χ2v) is 5.24. The van der Waals surface area contributed by atoms with Crippen molar-refractivity contribution in [1.29, 1.82) is 0 Å². The summed E-state index contributed by atoms with van der Waals surface area (Å²) in [7, 11) is 1.55. The molecular weight excluding hydrogens is 282 g/mol. The van der Waals surface area contributed by atoms with Crippen LogP contribution < -0.4 is 4.74 Å². The maximum atomic E-state index is 13.5. The van der Waals surface area contributed by atoms with Crippen LogP contribution in [0.15, 0.2) is 47.4 Å². The number of methoxy groups -OCH3 is 1. The number of rotatable bonds is 5. The van der Waals surface area contributed by atoms with Crippen LogP contribution in [0.5, 0.6) is 5.75 Å². The second kappa shape index (κ2) is 6.72. The summed E-state index contributed by atoms with van der Waals surface area (Å²) in [6.07, 6.45) is -0.750. The third-order valence-corrected chi connectivity index (χ3v) is 3.89. The number of benzene rings is 2. The Balaban J connectivity index is 2.02. The largest absolute Gasteiger partial charge is 0.497 e. The van der Waals surface area contributed by atoms with Crippen LogP contribution in [0, 0.1) is 11.6 Å². The van der Waals surface area contributed by atoms with Crippen LogP contribution in [-0.2, 0) is 0 Å².